The zero-order valence-electron chi connectivity index (χ0n) is 30.1. The molecule has 6 aromatic rings. The summed E-state index contributed by atoms with van der Waals surface area (Å²) < 4.78 is 0. The second-order valence-corrected chi connectivity index (χ2v) is 17.1. The van der Waals surface area contributed by atoms with Gasteiger partial charge in [-0.25, -0.2) is 0 Å². The molecule has 250 valence electrons. The maximum atomic E-state index is 4.93. The molecule has 0 fully saturated rings. The quantitative estimate of drug-likeness (QED) is 0.107. The summed E-state index contributed by atoms with van der Waals surface area (Å²) in [5.74, 6) is 1.26. The topological polar surface area (TPSA) is 0 Å². The molecule has 0 nitrogen and oxygen atoms in total. The van der Waals surface area contributed by atoms with E-state index < -0.39 is 20.8 Å². The van der Waals surface area contributed by atoms with Crippen molar-refractivity contribution in [3.63, 3.8) is 0 Å². The van der Waals surface area contributed by atoms with Crippen LogP contribution in [0.15, 0.2) is 109 Å². The van der Waals surface area contributed by atoms with E-state index in [2.05, 4.69) is 164 Å². The molecular formula is C44H52Cl2SiZr. The molecule has 2 radical (unpaired) electrons. The molecule has 0 aromatic heterocycles. The standard InChI is InChI=1S/2C21H23.C2H6Si.2ClH.Zr/c2*1-4-15(3)18-13-17-10-8-12-20(21(17)14-18)19-11-7-6-9-16(19)5-2;1-3-2;;;/h2*6-15H,4-5H2,1-3H3;1-2H3;2*1H;/q2*-1;;;;+4/p-2. The van der Waals surface area contributed by atoms with E-state index in [4.69, 9.17) is 17.0 Å². The number of fused-ring (bicyclic) bond motifs is 2. The third-order valence-corrected chi connectivity index (χ3v) is 9.29. The SMILES string of the molecule is CCc1ccccc1-c1cccc2[cH-]c(C(C)CC)cc12.CCc1ccccc1-c1cccc2[cH-]c(C(C)CC)cc12.C[Si]C.[Cl][Zr+2][Cl]. The van der Waals surface area contributed by atoms with E-state index in [1.165, 1.54) is 78.9 Å². The fourth-order valence-corrected chi connectivity index (χ4v) is 6.21. The number of aryl methyl sites for hydroxylation is 2. The Hall–Kier alpha value is -2.22. The third-order valence-electron chi connectivity index (χ3n) is 9.29. The predicted molar refractivity (Wildman–Crippen MR) is 215 cm³/mol. The molecule has 0 bridgehead atoms. The van der Waals surface area contributed by atoms with E-state index in [1.807, 2.05) is 0 Å². The average Bonchev–Trinajstić information content (AvgIpc) is 3.77. The molecule has 48 heavy (non-hydrogen) atoms. The fraction of sp³-hybridized carbons (Fsp3) is 0.318. The number of halogens is 2. The van der Waals surface area contributed by atoms with Gasteiger partial charge in [0.1, 0.15) is 0 Å². The molecule has 0 aliphatic rings. The van der Waals surface area contributed by atoms with Crippen molar-refractivity contribution < 1.29 is 20.8 Å². The normalized spacial score (nSPS) is 11.7. The molecule has 0 saturated carbocycles. The summed E-state index contributed by atoms with van der Waals surface area (Å²) in [4.78, 5) is 0. The van der Waals surface area contributed by atoms with Crippen LogP contribution in [-0.4, -0.2) is 9.52 Å². The fourth-order valence-electron chi connectivity index (χ4n) is 6.21. The van der Waals surface area contributed by atoms with Crippen LogP contribution in [0.4, 0.5) is 0 Å². The van der Waals surface area contributed by atoms with Crippen LogP contribution in [0.3, 0.4) is 0 Å². The van der Waals surface area contributed by atoms with Gasteiger partial charge < -0.3 is 0 Å². The Bertz CT molecular complexity index is 1680. The van der Waals surface area contributed by atoms with Crippen LogP contribution >= 0.6 is 17.0 Å². The molecular weight excluding hydrogens is 719 g/mol. The first-order chi connectivity index (χ1) is 23.3. The third kappa shape index (κ3) is 10.4. The van der Waals surface area contributed by atoms with E-state index in [0.29, 0.717) is 11.8 Å². The van der Waals surface area contributed by atoms with Gasteiger partial charge >= 0.3 is 37.9 Å². The first-order valence-electron chi connectivity index (χ1n) is 17.4. The molecule has 0 saturated heterocycles. The maximum absolute atomic E-state index is 4.93. The van der Waals surface area contributed by atoms with Crippen LogP contribution in [0.2, 0.25) is 13.1 Å². The van der Waals surface area contributed by atoms with Crippen LogP contribution in [0.25, 0.3) is 43.8 Å². The van der Waals surface area contributed by atoms with Crippen LogP contribution in [0, 0.1) is 0 Å². The van der Waals surface area contributed by atoms with E-state index in [0.717, 1.165) is 22.4 Å². The van der Waals surface area contributed by atoms with Gasteiger partial charge in [0.2, 0.25) is 0 Å². The minimum atomic E-state index is -0.826. The first kappa shape index (κ1) is 40.2. The second-order valence-electron chi connectivity index (χ2n) is 12.4. The van der Waals surface area contributed by atoms with Gasteiger partial charge in [-0.3, -0.25) is 0 Å². The summed E-state index contributed by atoms with van der Waals surface area (Å²) in [5.41, 5.74) is 11.3. The van der Waals surface area contributed by atoms with Gasteiger partial charge in [0.15, 0.2) is 0 Å². The minimum absolute atomic E-state index is 0.631. The Morgan fingerprint density at radius 2 is 0.896 bits per heavy atom. The summed E-state index contributed by atoms with van der Waals surface area (Å²) in [6, 6.07) is 40.4. The predicted octanol–water partition coefficient (Wildman–Crippen LogP) is 14.8. The van der Waals surface area contributed by atoms with Crippen LogP contribution in [0.1, 0.15) is 88.5 Å². The van der Waals surface area contributed by atoms with Crippen molar-refractivity contribution in [1.82, 2.24) is 0 Å². The van der Waals surface area contributed by atoms with Gasteiger partial charge in [0.05, 0.1) is 0 Å². The molecule has 4 heteroatoms. The number of hydrogen-bond acceptors (Lipinski definition) is 0. The van der Waals surface area contributed by atoms with Crippen molar-refractivity contribution in [2.24, 2.45) is 0 Å². The van der Waals surface area contributed by atoms with Gasteiger partial charge in [-0.2, -0.15) is 12.1 Å². The summed E-state index contributed by atoms with van der Waals surface area (Å²) in [5, 5.41) is 5.53. The molecule has 0 amide bonds. The van der Waals surface area contributed by atoms with Crippen LogP contribution < -0.4 is 0 Å². The molecule has 0 heterocycles. The van der Waals surface area contributed by atoms with Crippen molar-refractivity contribution in [3.8, 4) is 22.3 Å². The summed E-state index contributed by atoms with van der Waals surface area (Å²) >= 11 is -0.826. The van der Waals surface area contributed by atoms with Gasteiger partial charge in [0, 0.05) is 9.52 Å². The Labute approximate surface area is 312 Å². The van der Waals surface area contributed by atoms with Crippen molar-refractivity contribution in [2.45, 2.75) is 92.2 Å². The second kappa shape index (κ2) is 21.1. The monoisotopic (exact) mass is 768 g/mol. The molecule has 0 spiro atoms. The van der Waals surface area contributed by atoms with Crippen LogP contribution in [0.5, 0.6) is 0 Å². The molecule has 0 aliphatic carbocycles. The molecule has 6 rings (SSSR count). The number of rotatable bonds is 8. The Morgan fingerprint density at radius 3 is 1.23 bits per heavy atom. The Morgan fingerprint density at radius 1 is 0.562 bits per heavy atom. The molecule has 2 unspecified atom stereocenters. The molecule has 6 aromatic carbocycles. The Balaban J connectivity index is 0.000000224. The molecule has 0 aliphatic heterocycles. The van der Waals surface area contributed by atoms with Gasteiger partial charge in [-0.05, 0) is 46.9 Å². The van der Waals surface area contributed by atoms with Gasteiger partial charge in [-0.15, -0.1) is 69.1 Å². The zero-order chi connectivity index (χ0) is 35.1. The van der Waals surface area contributed by atoms with E-state index >= 15 is 0 Å². The average molecular weight is 771 g/mol. The Kier molecular flexibility index (Phi) is 17.7. The summed E-state index contributed by atoms with van der Waals surface area (Å²) in [7, 11) is 11.0. The molecule has 2 atom stereocenters. The van der Waals surface area contributed by atoms with Crippen molar-refractivity contribution in [3.05, 3.63) is 131 Å². The van der Waals surface area contributed by atoms with Crippen LogP contribution in [-0.2, 0) is 33.7 Å². The van der Waals surface area contributed by atoms with E-state index in [9.17, 15) is 0 Å². The van der Waals surface area contributed by atoms with Gasteiger partial charge in [0.25, 0.3) is 0 Å². The number of hydrogen-bond donors (Lipinski definition) is 0. The summed E-state index contributed by atoms with van der Waals surface area (Å²) in [6.07, 6.45) is 4.53. The first-order valence-corrected chi connectivity index (χ1v) is 25.7. The van der Waals surface area contributed by atoms with Crippen molar-refractivity contribution >= 4 is 48.1 Å². The van der Waals surface area contributed by atoms with E-state index in [-0.39, 0.29) is 0 Å². The summed E-state index contributed by atoms with van der Waals surface area (Å²) in [6.45, 7) is 17.9. The van der Waals surface area contributed by atoms with Gasteiger partial charge in [-0.1, -0.05) is 139 Å². The zero-order valence-corrected chi connectivity index (χ0v) is 35.1. The number of benzene rings is 4. The van der Waals surface area contributed by atoms with Crippen molar-refractivity contribution in [2.75, 3.05) is 0 Å². The van der Waals surface area contributed by atoms with E-state index in [1.54, 1.807) is 0 Å². The molecule has 0 N–H and O–H groups in total. The van der Waals surface area contributed by atoms with Crippen molar-refractivity contribution in [1.29, 1.82) is 0 Å².